The molecule has 10 heavy (non-hydrogen) atoms. The van der Waals surface area contributed by atoms with Crippen LogP contribution in [-0.2, 0) is 0 Å². The molecule has 0 bridgehead atoms. The van der Waals surface area contributed by atoms with Crippen molar-refractivity contribution < 1.29 is 0 Å². The van der Waals surface area contributed by atoms with Crippen LogP contribution in [-0.4, -0.2) is 17.3 Å². The zero-order chi connectivity index (χ0) is 7.82. The second-order valence-corrected chi connectivity index (χ2v) is 4.22. The zero-order valence-corrected chi connectivity index (χ0v) is 9.30. The highest BCUT2D eigenvalue weighted by atomic mass is 79.9. The summed E-state index contributed by atoms with van der Waals surface area (Å²) in [6, 6.07) is 0. The summed E-state index contributed by atoms with van der Waals surface area (Å²) >= 11 is 5.49. The Hall–Kier alpha value is 0.830. The van der Waals surface area contributed by atoms with E-state index in [9.17, 15) is 0 Å². The maximum Gasteiger partial charge on any atom is 0.00599 e. The van der Waals surface area contributed by atoms with E-state index in [2.05, 4.69) is 29.1 Å². The van der Waals surface area contributed by atoms with Crippen LogP contribution in [0.1, 0.15) is 26.2 Å². The molecular weight excluding hydrogens is 208 g/mol. The minimum Gasteiger partial charge on any atom is -0.165 e. The standard InChI is InChI=1S/C8H17BrS/c1-3-4-8(7-9)5-6-10-2/h8H,3-7H2,1-2H3. The molecule has 0 spiro atoms. The average Bonchev–Trinajstić information content (AvgIpc) is 1.98. The fraction of sp³-hybridized carbons (Fsp3) is 1.00. The van der Waals surface area contributed by atoms with Crippen LogP contribution in [0.15, 0.2) is 0 Å². The van der Waals surface area contributed by atoms with Gasteiger partial charge in [0.1, 0.15) is 0 Å². The van der Waals surface area contributed by atoms with Crippen molar-refractivity contribution in [3.63, 3.8) is 0 Å². The summed E-state index contributed by atoms with van der Waals surface area (Å²) in [6.45, 7) is 2.26. The van der Waals surface area contributed by atoms with Crippen LogP contribution in [0.5, 0.6) is 0 Å². The van der Waals surface area contributed by atoms with Crippen LogP contribution in [0.25, 0.3) is 0 Å². The first-order valence-corrected chi connectivity index (χ1v) is 6.41. The van der Waals surface area contributed by atoms with E-state index in [1.807, 2.05) is 11.8 Å². The van der Waals surface area contributed by atoms with Gasteiger partial charge in [0.2, 0.25) is 0 Å². The van der Waals surface area contributed by atoms with Gasteiger partial charge in [-0.1, -0.05) is 29.3 Å². The molecule has 0 rings (SSSR count). The molecule has 0 radical (unpaired) electrons. The summed E-state index contributed by atoms with van der Waals surface area (Å²) in [5.41, 5.74) is 0. The molecule has 0 fully saturated rings. The van der Waals surface area contributed by atoms with Gasteiger partial charge >= 0.3 is 0 Å². The zero-order valence-electron chi connectivity index (χ0n) is 6.90. The third-order valence-electron chi connectivity index (χ3n) is 1.65. The molecule has 0 aliphatic rings. The van der Waals surface area contributed by atoms with Crippen LogP contribution in [0, 0.1) is 5.92 Å². The number of halogens is 1. The number of thioether (sulfide) groups is 1. The van der Waals surface area contributed by atoms with E-state index in [4.69, 9.17) is 0 Å². The van der Waals surface area contributed by atoms with Gasteiger partial charge in [-0.3, -0.25) is 0 Å². The first-order chi connectivity index (χ1) is 4.85. The monoisotopic (exact) mass is 224 g/mol. The summed E-state index contributed by atoms with van der Waals surface area (Å²) in [5.74, 6) is 2.23. The Bertz CT molecular complexity index is 66.3. The highest BCUT2D eigenvalue weighted by Crippen LogP contribution is 2.15. The minimum absolute atomic E-state index is 0.914. The van der Waals surface area contributed by atoms with E-state index >= 15 is 0 Å². The molecule has 0 aliphatic heterocycles. The van der Waals surface area contributed by atoms with Crippen LogP contribution < -0.4 is 0 Å². The molecule has 62 valence electrons. The van der Waals surface area contributed by atoms with Gasteiger partial charge in [0, 0.05) is 5.33 Å². The molecule has 0 nitrogen and oxygen atoms in total. The molecule has 0 heterocycles. The molecule has 0 N–H and O–H groups in total. The average molecular weight is 225 g/mol. The second-order valence-electron chi connectivity index (χ2n) is 2.59. The van der Waals surface area contributed by atoms with Gasteiger partial charge in [0.05, 0.1) is 0 Å². The molecule has 0 saturated heterocycles. The lowest BCUT2D eigenvalue weighted by molar-refractivity contribution is 0.524. The fourth-order valence-electron chi connectivity index (χ4n) is 0.991. The predicted octanol–water partition coefficient (Wildman–Crippen LogP) is 3.55. The Morgan fingerprint density at radius 3 is 2.50 bits per heavy atom. The normalized spacial score (nSPS) is 13.5. The Morgan fingerprint density at radius 2 is 2.10 bits per heavy atom. The van der Waals surface area contributed by atoms with Crippen molar-refractivity contribution in [2.45, 2.75) is 26.2 Å². The largest absolute Gasteiger partial charge is 0.165 e. The van der Waals surface area contributed by atoms with Crippen LogP contribution >= 0.6 is 27.7 Å². The van der Waals surface area contributed by atoms with Gasteiger partial charge in [0.15, 0.2) is 0 Å². The lowest BCUT2D eigenvalue weighted by Crippen LogP contribution is -2.02. The lowest BCUT2D eigenvalue weighted by atomic mass is 10.0. The topological polar surface area (TPSA) is 0 Å². The van der Waals surface area contributed by atoms with Gasteiger partial charge in [-0.05, 0) is 30.8 Å². The van der Waals surface area contributed by atoms with Crippen molar-refractivity contribution in [3.05, 3.63) is 0 Å². The SMILES string of the molecule is CCCC(CBr)CCSC. The summed E-state index contributed by atoms with van der Waals surface area (Å²) < 4.78 is 0. The van der Waals surface area contributed by atoms with Gasteiger partial charge in [0.25, 0.3) is 0 Å². The summed E-state index contributed by atoms with van der Waals surface area (Å²) in [6.07, 6.45) is 6.26. The van der Waals surface area contributed by atoms with E-state index in [1.165, 1.54) is 30.3 Å². The molecule has 0 aliphatic carbocycles. The molecule has 0 aromatic heterocycles. The quantitative estimate of drug-likeness (QED) is 0.623. The van der Waals surface area contributed by atoms with Crippen molar-refractivity contribution in [3.8, 4) is 0 Å². The number of rotatable bonds is 6. The Kier molecular flexibility index (Phi) is 8.59. The van der Waals surface area contributed by atoms with Crippen molar-refractivity contribution in [1.29, 1.82) is 0 Å². The second kappa shape index (κ2) is 7.93. The summed E-state index contributed by atoms with van der Waals surface area (Å²) in [5, 5.41) is 1.18. The van der Waals surface area contributed by atoms with Crippen molar-refractivity contribution >= 4 is 27.7 Å². The van der Waals surface area contributed by atoms with Gasteiger partial charge in [-0.2, -0.15) is 11.8 Å². The van der Waals surface area contributed by atoms with Crippen LogP contribution in [0.4, 0.5) is 0 Å². The van der Waals surface area contributed by atoms with E-state index < -0.39 is 0 Å². The maximum absolute atomic E-state index is 3.54. The third-order valence-corrected chi connectivity index (χ3v) is 3.20. The van der Waals surface area contributed by atoms with Gasteiger partial charge in [-0.15, -0.1) is 0 Å². The van der Waals surface area contributed by atoms with Crippen molar-refractivity contribution in [2.24, 2.45) is 5.92 Å². The Labute approximate surface area is 77.3 Å². The number of alkyl halides is 1. The van der Waals surface area contributed by atoms with Gasteiger partial charge < -0.3 is 0 Å². The molecule has 1 atom stereocenters. The molecule has 0 aromatic rings. The van der Waals surface area contributed by atoms with Gasteiger partial charge in [-0.25, -0.2) is 0 Å². The third kappa shape index (κ3) is 5.60. The summed E-state index contributed by atoms with van der Waals surface area (Å²) in [7, 11) is 0. The van der Waals surface area contributed by atoms with E-state index in [0.29, 0.717) is 0 Å². The molecule has 1 unspecified atom stereocenters. The molecule has 0 saturated carbocycles. The molecule has 0 aromatic carbocycles. The highest BCUT2D eigenvalue weighted by molar-refractivity contribution is 9.09. The van der Waals surface area contributed by atoms with E-state index in [0.717, 1.165) is 5.92 Å². The number of hydrogen-bond acceptors (Lipinski definition) is 1. The maximum atomic E-state index is 3.54. The molecule has 2 heteroatoms. The minimum atomic E-state index is 0.914. The Balaban J connectivity index is 3.21. The van der Waals surface area contributed by atoms with E-state index in [1.54, 1.807) is 0 Å². The fourth-order valence-corrected chi connectivity index (χ4v) is 2.21. The van der Waals surface area contributed by atoms with E-state index in [-0.39, 0.29) is 0 Å². The molecule has 0 amide bonds. The smallest absolute Gasteiger partial charge is 0.00599 e. The highest BCUT2D eigenvalue weighted by Gasteiger charge is 2.03. The molecular formula is C8H17BrS. The van der Waals surface area contributed by atoms with Crippen molar-refractivity contribution in [2.75, 3.05) is 17.3 Å². The lowest BCUT2D eigenvalue weighted by Gasteiger charge is -2.10. The van der Waals surface area contributed by atoms with Crippen molar-refractivity contribution in [1.82, 2.24) is 0 Å². The van der Waals surface area contributed by atoms with Crippen LogP contribution in [0.3, 0.4) is 0 Å². The first-order valence-electron chi connectivity index (χ1n) is 3.90. The summed E-state index contributed by atoms with van der Waals surface area (Å²) in [4.78, 5) is 0. The Morgan fingerprint density at radius 1 is 1.40 bits per heavy atom. The first kappa shape index (κ1) is 10.8. The predicted molar refractivity (Wildman–Crippen MR) is 55.2 cm³/mol. The number of hydrogen-bond donors (Lipinski definition) is 0. The van der Waals surface area contributed by atoms with Crippen LogP contribution in [0.2, 0.25) is 0 Å².